The molecule has 2 heterocycles. The molecule has 31 heavy (non-hydrogen) atoms. The summed E-state index contributed by atoms with van der Waals surface area (Å²) in [5.74, 6) is 0.740. The van der Waals surface area contributed by atoms with Crippen LogP contribution in [0.2, 0.25) is 0 Å². The van der Waals surface area contributed by atoms with Crippen LogP contribution in [-0.4, -0.2) is 40.3 Å². The van der Waals surface area contributed by atoms with Gasteiger partial charge in [-0.3, -0.25) is 9.69 Å². The summed E-state index contributed by atoms with van der Waals surface area (Å²) < 4.78 is 11.2. The molecule has 3 aromatic rings. The van der Waals surface area contributed by atoms with Gasteiger partial charge in [0.2, 0.25) is 0 Å². The minimum absolute atomic E-state index is 0.382. The fourth-order valence-electron chi connectivity index (χ4n) is 3.77. The molecule has 2 aromatic carbocycles. The number of ether oxygens (including phenoxy) is 1. The fourth-order valence-corrected chi connectivity index (χ4v) is 3.77. The molecule has 0 unspecified atom stereocenters. The number of carbonyl (C=O) groups is 1. The van der Waals surface area contributed by atoms with Crippen LogP contribution < -0.4 is 4.74 Å². The molecule has 1 saturated heterocycles. The molecule has 1 fully saturated rings. The predicted octanol–water partition coefficient (Wildman–Crippen LogP) is 3.88. The second kappa shape index (κ2) is 9.45. The lowest BCUT2D eigenvalue weighted by molar-refractivity contribution is -0.142. The number of likely N-dealkylation sites (tertiary alicyclic amines) is 1. The van der Waals surface area contributed by atoms with Crippen LogP contribution in [0.3, 0.4) is 0 Å². The molecule has 0 bridgehead atoms. The maximum atomic E-state index is 11.3. The van der Waals surface area contributed by atoms with Gasteiger partial charge in [-0.25, -0.2) is 0 Å². The molecule has 0 amide bonds. The number of hydrogen-bond acceptors (Lipinski definition) is 6. The quantitative estimate of drug-likeness (QED) is 0.594. The van der Waals surface area contributed by atoms with Crippen molar-refractivity contribution in [2.24, 2.45) is 0 Å². The largest absolute Gasteiger partial charge is 0.493 e. The maximum Gasteiger partial charge on any atom is 0.320 e. The van der Waals surface area contributed by atoms with Crippen LogP contribution in [-0.2, 0) is 17.8 Å². The molecule has 1 atom stereocenters. The third kappa shape index (κ3) is 5.11. The van der Waals surface area contributed by atoms with E-state index in [1.165, 1.54) is 0 Å². The van der Waals surface area contributed by atoms with Crippen molar-refractivity contribution in [1.29, 1.82) is 5.26 Å². The van der Waals surface area contributed by atoms with Gasteiger partial charge in [0.15, 0.2) is 0 Å². The van der Waals surface area contributed by atoms with Crippen molar-refractivity contribution >= 4 is 5.97 Å². The second-order valence-electron chi connectivity index (χ2n) is 7.58. The zero-order valence-electron chi connectivity index (χ0n) is 17.0. The zero-order valence-corrected chi connectivity index (χ0v) is 17.0. The second-order valence-corrected chi connectivity index (χ2v) is 7.58. The van der Waals surface area contributed by atoms with Crippen molar-refractivity contribution in [3.63, 3.8) is 0 Å². The number of nitrogens with zero attached hydrogens (tertiary/aromatic N) is 3. The van der Waals surface area contributed by atoms with E-state index in [-0.39, 0.29) is 6.04 Å². The van der Waals surface area contributed by atoms with Gasteiger partial charge >= 0.3 is 5.97 Å². The van der Waals surface area contributed by atoms with Gasteiger partial charge in [0.1, 0.15) is 23.2 Å². The molecule has 0 aliphatic carbocycles. The normalized spacial score (nSPS) is 16.2. The van der Waals surface area contributed by atoms with E-state index in [0.29, 0.717) is 31.6 Å². The molecule has 7 heteroatoms. The number of aliphatic carboxylic acids is 1. The summed E-state index contributed by atoms with van der Waals surface area (Å²) in [7, 11) is 0. The zero-order chi connectivity index (χ0) is 21.6. The lowest BCUT2D eigenvalue weighted by Crippen LogP contribution is -2.35. The van der Waals surface area contributed by atoms with Crippen molar-refractivity contribution in [3.8, 4) is 23.1 Å². The van der Waals surface area contributed by atoms with Crippen LogP contribution >= 0.6 is 0 Å². The Hall–Kier alpha value is -3.63. The third-order valence-corrected chi connectivity index (χ3v) is 5.44. The predicted molar refractivity (Wildman–Crippen MR) is 113 cm³/mol. The van der Waals surface area contributed by atoms with E-state index in [2.05, 4.69) is 11.2 Å². The summed E-state index contributed by atoms with van der Waals surface area (Å²) in [6, 6.07) is 18.6. The molecule has 0 spiro atoms. The van der Waals surface area contributed by atoms with E-state index >= 15 is 0 Å². The average molecular weight is 417 g/mol. The smallest absolute Gasteiger partial charge is 0.320 e. The van der Waals surface area contributed by atoms with Gasteiger partial charge in [0.05, 0.1) is 18.2 Å². The number of nitriles is 1. The molecular weight excluding hydrogens is 394 g/mol. The SMILES string of the molecule is N#Cc1ccc(-c2cc(CCOc3ccc(CN4CCC[C@@H]4C(=O)O)cc3)on2)cc1. The molecule has 1 aliphatic heterocycles. The molecule has 1 aromatic heterocycles. The van der Waals surface area contributed by atoms with E-state index in [4.69, 9.17) is 14.5 Å². The molecule has 158 valence electrons. The summed E-state index contributed by atoms with van der Waals surface area (Å²) in [6.45, 7) is 1.90. The molecule has 7 nitrogen and oxygen atoms in total. The Kier molecular flexibility index (Phi) is 6.29. The molecule has 0 radical (unpaired) electrons. The minimum Gasteiger partial charge on any atom is -0.493 e. The first kappa shape index (κ1) is 20.6. The molecule has 0 saturated carbocycles. The maximum absolute atomic E-state index is 11.3. The first-order chi connectivity index (χ1) is 15.1. The third-order valence-electron chi connectivity index (χ3n) is 5.44. The summed E-state index contributed by atoms with van der Waals surface area (Å²) in [6.07, 6.45) is 2.22. The van der Waals surface area contributed by atoms with Crippen LogP contribution in [0.5, 0.6) is 5.75 Å². The highest BCUT2D eigenvalue weighted by Crippen LogP contribution is 2.22. The fraction of sp³-hybridized carbons (Fsp3) is 0.292. The van der Waals surface area contributed by atoms with Gasteiger partial charge in [-0.05, 0) is 49.2 Å². The molecular formula is C24H23N3O4. The van der Waals surface area contributed by atoms with Gasteiger partial charge in [-0.1, -0.05) is 29.4 Å². The minimum atomic E-state index is -0.743. The van der Waals surface area contributed by atoms with Crippen molar-refractivity contribution in [2.45, 2.75) is 31.8 Å². The molecule has 4 rings (SSSR count). The lowest BCUT2D eigenvalue weighted by atomic mass is 10.1. The Morgan fingerprint density at radius 3 is 2.71 bits per heavy atom. The van der Waals surface area contributed by atoms with Crippen molar-refractivity contribution < 1.29 is 19.2 Å². The Morgan fingerprint density at radius 1 is 1.23 bits per heavy atom. The summed E-state index contributed by atoms with van der Waals surface area (Å²) in [5, 5.41) is 22.3. The Balaban J connectivity index is 1.27. The first-order valence-electron chi connectivity index (χ1n) is 10.3. The summed E-state index contributed by atoms with van der Waals surface area (Å²) in [5.41, 5.74) is 3.30. The average Bonchev–Trinajstić information content (AvgIpc) is 3.45. The van der Waals surface area contributed by atoms with Crippen LogP contribution in [0, 0.1) is 11.3 Å². The van der Waals surface area contributed by atoms with Crippen LogP contribution in [0.1, 0.15) is 29.7 Å². The van der Waals surface area contributed by atoms with Crippen LogP contribution in [0.25, 0.3) is 11.3 Å². The van der Waals surface area contributed by atoms with Crippen LogP contribution in [0.15, 0.2) is 59.1 Å². The number of rotatable bonds is 8. The standard InChI is InChI=1S/C24H23N3O4/c25-15-17-3-7-19(8-4-17)22-14-21(31-26-22)11-13-30-20-9-5-18(6-10-20)16-27-12-1-2-23(27)24(28)29/h3-10,14,23H,1-2,11-13,16H2,(H,28,29)/t23-/m1/s1. The van der Waals surface area contributed by atoms with E-state index in [1.54, 1.807) is 12.1 Å². The van der Waals surface area contributed by atoms with Crippen molar-refractivity contribution in [3.05, 3.63) is 71.5 Å². The van der Waals surface area contributed by atoms with Gasteiger partial charge in [0, 0.05) is 24.6 Å². The number of carboxylic acids is 1. The van der Waals surface area contributed by atoms with E-state index in [1.807, 2.05) is 47.4 Å². The topological polar surface area (TPSA) is 99.6 Å². The van der Waals surface area contributed by atoms with E-state index in [0.717, 1.165) is 41.3 Å². The summed E-state index contributed by atoms with van der Waals surface area (Å²) in [4.78, 5) is 13.3. The molecule has 1 aliphatic rings. The van der Waals surface area contributed by atoms with Crippen LogP contribution in [0.4, 0.5) is 0 Å². The van der Waals surface area contributed by atoms with E-state index < -0.39 is 5.97 Å². The van der Waals surface area contributed by atoms with Gasteiger partial charge in [-0.15, -0.1) is 0 Å². The number of benzene rings is 2. The number of aromatic nitrogens is 1. The number of hydrogen-bond donors (Lipinski definition) is 1. The number of carboxylic acid groups (broad SMARTS) is 1. The van der Waals surface area contributed by atoms with Gasteiger partial charge in [0.25, 0.3) is 0 Å². The Labute approximate surface area is 180 Å². The monoisotopic (exact) mass is 417 g/mol. The van der Waals surface area contributed by atoms with Crippen molar-refractivity contribution in [2.75, 3.05) is 13.2 Å². The van der Waals surface area contributed by atoms with E-state index in [9.17, 15) is 9.90 Å². The van der Waals surface area contributed by atoms with Gasteiger partial charge < -0.3 is 14.4 Å². The summed E-state index contributed by atoms with van der Waals surface area (Å²) >= 11 is 0. The Bertz CT molecular complexity index is 1070. The molecule has 1 N–H and O–H groups in total. The Morgan fingerprint density at radius 2 is 2.00 bits per heavy atom. The highest BCUT2D eigenvalue weighted by atomic mass is 16.5. The van der Waals surface area contributed by atoms with Crippen molar-refractivity contribution in [1.82, 2.24) is 10.1 Å². The highest BCUT2D eigenvalue weighted by Gasteiger charge is 2.30. The first-order valence-corrected chi connectivity index (χ1v) is 10.3. The van der Waals surface area contributed by atoms with Gasteiger partial charge in [-0.2, -0.15) is 5.26 Å². The highest BCUT2D eigenvalue weighted by molar-refractivity contribution is 5.73. The lowest BCUT2D eigenvalue weighted by Gasteiger charge is -2.21.